The first-order valence-electron chi connectivity index (χ1n) is 8.46. The standard InChI is InChI=1S/C19H21N3O4/c1-2-3-4-13-20-17-10-7-15(8-11-17)5-6-16-9-12-18(21(23)24)19(14-16)22(25)26/h5-12,14,20H,2-4,13H2,1H3. The van der Waals surface area contributed by atoms with Crippen LogP contribution in [0.15, 0.2) is 42.5 Å². The zero-order valence-electron chi connectivity index (χ0n) is 14.6. The Bertz CT molecular complexity index is 801. The SMILES string of the molecule is CCCCCNc1ccc(C=Cc2ccc([N+](=O)[O-])c([N+](=O)[O-])c2)cc1. The molecule has 0 aliphatic heterocycles. The highest BCUT2D eigenvalue weighted by Gasteiger charge is 2.23. The molecule has 7 heteroatoms. The van der Waals surface area contributed by atoms with Crippen LogP contribution in [0.3, 0.4) is 0 Å². The normalized spacial score (nSPS) is 10.8. The molecule has 0 saturated carbocycles. The molecule has 0 aliphatic rings. The number of rotatable bonds is 9. The first kappa shape index (κ1) is 19.1. The molecule has 2 aromatic carbocycles. The fourth-order valence-electron chi connectivity index (χ4n) is 2.46. The molecule has 0 amide bonds. The summed E-state index contributed by atoms with van der Waals surface area (Å²) in [5, 5.41) is 25.2. The second-order valence-corrected chi connectivity index (χ2v) is 5.85. The van der Waals surface area contributed by atoms with Gasteiger partial charge in [0.15, 0.2) is 0 Å². The van der Waals surface area contributed by atoms with E-state index in [1.807, 2.05) is 30.3 Å². The van der Waals surface area contributed by atoms with Gasteiger partial charge in [0, 0.05) is 24.4 Å². The Labute approximate surface area is 151 Å². The maximum atomic E-state index is 11.0. The van der Waals surface area contributed by atoms with Gasteiger partial charge < -0.3 is 5.32 Å². The van der Waals surface area contributed by atoms with E-state index in [0.29, 0.717) is 5.56 Å². The first-order chi connectivity index (χ1) is 12.5. The summed E-state index contributed by atoms with van der Waals surface area (Å²) in [6, 6.07) is 11.7. The van der Waals surface area contributed by atoms with Crippen LogP contribution in [0.25, 0.3) is 12.2 Å². The average molecular weight is 355 g/mol. The lowest BCUT2D eigenvalue weighted by atomic mass is 10.1. The lowest BCUT2D eigenvalue weighted by molar-refractivity contribution is -0.422. The van der Waals surface area contributed by atoms with Crippen LogP contribution in [0.2, 0.25) is 0 Å². The number of hydrogen-bond acceptors (Lipinski definition) is 5. The number of unbranched alkanes of at least 4 members (excludes halogenated alkanes) is 2. The molecule has 1 N–H and O–H groups in total. The molecule has 26 heavy (non-hydrogen) atoms. The molecule has 0 aliphatic carbocycles. The van der Waals surface area contributed by atoms with Crippen LogP contribution in [0.5, 0.6) is 0 Å². The van der Waals surface area contributed by atoms with Crippen molar-refractivity contribution in [2.75, 3.05) is 11.9 Å². The fourth-order valence-corrected chi connectivity index (χ4v) is 2.46. The smallest absolute Gasteiger partial charge is 0.346 e. The number of nitrogens with zero attached hydrogens (tertiary/aromatic N) is 2. The third-order valence-electron chi connectivity index (χ3n) is 3.88. The highest BCUT2D eigenvalue weighted by atomic mass is 16.6. The number of hydrogen-bond donors (Lipinski definition) is 1. The zero-order valence-corrected chi connectivity index (χ0v) is 14.6. The van der Waals surface area contributed by atoms with E-state index in [0.717, 1.165) is 30.3 Å². The van der Waals surface area contributed by atoms with E-state index in [2.05, 4.69) is 12.2 Å². The van der Waals surface area contributed by atoms with Crippen molar-refractivity contribution < 1.29 is 9.85 Å². The maximum Gasteiger partial charge on any atom is 0.346 e. The number of nitro benzene ring substituents is 2. The van der Waals surface area contributed by atoms with E-state index in [1.54, 1.807) is 6.08 Å². The van der Waals surface area contributed by atoms with Crippen molar-refractivity contribution in [3.05, 3.63) is 73.8 Å². The lowest BCUT2D eigenvalue weighted by Gasteiger charge is -2.06. The molecule has 0 spiro atoms. The second-order valence-electron chi connectivity index (χ2n) is 5.85. The predicted octanol–water partition coefficient (Wildman–Crippen LogP) is 5.28. The number of nitro groups is 2. The van der Waals surface area contributed by atoms with Crippen molar-refractivity contribution in [1.82, 2.24) is 0 Å². The Morgan fingerprint density at radius 1 is 0.885 bits per heavy atom. The van der Waals surface area contributed by atoms with Gasteiger partial charge in [-0.3, -0.25) is 20.2 Å². The van der Waals surface area contributed by atoms with Crippen molar-refractivity contribution in [3.8, 4) is 0 Å². The Hall–Kier alpha value is -3.22. The van der Waals surface area contributed by atoms with Crippen LogP contribution in [0.4, 0.5) is 17.1 Å². The summed E-state index contributed by atoms with van der Waals surface area (Å²) >= 11 is 0. The van der Waals surface area contributed by atoms with Crippen molar-refractivity contribution in [3.63, 3.8) is 0 Å². The van der Waals surface area contributed by atoms with Gasteiger partial charge in [0.25, 0.3) is 0 Å². The monoisotopic (exact) mass is 355 g/mol. The van der Waals surface area contributed by atoms with Crippen molar-refractivity contribution in [2.45, 2.75) is 26.2 Å². The predicted molar refractivity (Wildman–Crippen MR) is 103 cm³/mol. The minimum atomic E-state index is -0.752. The van der Waals surface area contributed by atoms with Gasteiger partial charge in [0.05, 0.1) is 9.85 Å². The fraction of sp³-hybridized carbons (Fsp3) is 0.263. The summed E-state index contributed by atoms with van der Waals surface area (Å²) in [5.41, 5.74) is 1.49. The van der Waals surface area contributed by atoms with E-state index in [1.165, 1.54) is 25.0 Å². The summed E-state index contributed by atoms with van der Waals surface area (Å²) in [5.74, 6) is 0. The van der Waals surface area contributed by atoms with E-state index in [4.69, 9.17) is 0 Å². The van der Waals surface area contributed by atoms with E-state index in [9.17, 15) is 20.2 Å². The molecule has 0 heterocycles. The first-order valence-corrected chi connectivity index (χ1v) is 8.46. The third kappa shape index (κ3) is 5.41. The molecule has 2 aromatic rings. The largest absolute Gasteiger partial charge is 0.385 e. The van der Waals surface area contributed by atoms with Crippen LogP contribution >= 0.6 is 0 Å². The Kier molecular flexibility index (Phi) is 6.84. The minimum Gasteiger partial charge on any atom is -0.385 e. The Balaban J connectivity index is 2.06. The quantitative estimate of drug-likeness (QED) is 0.286. The van der Waals surface area contributed by atoms with Gasteiger partial charge in [-0.25, -0.2) is 0 Å². The Morgan fingerprint density at radius 3 is 2.12 bits per heavy atom. The van der Waals surface area contributed by atoms with Gasteiger partial charge in [-0.2, -0.15) is 0 Å². The molecule has 7 nitrogen and oxygen atoms in total. The summed E-state index contributed by atoms with van der Waals surface area (Å²) in [6.45, 7) is 3.11. The molecule has 0 fully saturated rings. The second kappa shape index (κ2) is 9.31. The van der Waals surface area contributed by atoms with Gasteiger partial charge in [0.1, 0.15) is 0 Å². The third-order valence-corrected chi connectivity index (χ3v) is 3.88. The van der Waals surface area contributed by atoms with Gasteiger partial charge >= 0.3 is 11.4 Å². The highest BCUT2D eigenvalue weighted by Crippen LogP contribution is 2.28. The summed E-state index contributed by atoms with van der Waals surface area (Å²) in [6.07, 6.45) is 7.03. The van der Waals surface area contributed by atoms with E-state index >= 15 is 0 Å². The van der Waals surface area contributed by atoms with Crippen molar-refractivity contribution in [1.29, 1.82) is 0 Å². The summed E-state index contributed by atoms with van der Waals surface area (Å²) < 4.78 is 0. The van der Waals surface area contributed by atoms with E-state index in [-0.39, 0.29) is 0 Å². The highest BCUT2D eigenvalue weighted by molar-refractivity contribution is 5.73. The van der Waals surface area contributed by atoms with Crippen LogP contribution in [-0.2, 0) is 0 Å². The van der Waals surface area contributed by atoms with Gasteiger partial charge in [0.2, 0.25) is 0 Å². The lowest BCUT2D eigenvalue weighted by Crippen LogP contribution is -2.00. The van der Waals surface area contributed by atoms with E-state index < -0.39 is 21.2 Å². The number of benzene rings is 2. The maximum absolute atomic E-state index is 11.0. The van der Waals surface area contributed by atoms with Gasteiger partial charge in [-0.15, -0.1) is 0 Å². The molecule has 0 atom stereocenters. The van der Waals surface area contributed by atoms with Gasteiger partial charge in [-0.05, 0) is 35.7 Å². The molecule has 0 saturated heterocycles. The summed E-state index contributed by atoms with van der Waals surface area (Å²) in [4.78, 5) is 20.3. The Morgan fingerprint density at radius 2 is 1.50 bits per heavy atom. The van der Waals surface area contributed by atoms with Crippen LogP contribution in [-0.4, -0.2) is 16.4 Å². The van der Waals surface area contributed by atoms with Crippen molar-refractivity contribution >= 4 is 29.2 Å². The topological polar surface area (TPSA) is 98.3 Å². The number of anilines is 1. The van der Waals surface area contributed by atoms with Crippen LogP contribution in [0, 0.1) is 20.2 Å². The average Bonchev–Trinajstić information content (AvgIpc) is 2.64. The summed E-state index contributed by atoms with van der Waals surface area (Å²) in [7, 11) is 0. The molecular formula is C19H21N3O4. The minimum absolute atomic E-state index is 0.509. The van der Waals surface area contributed by atoms with Crippen molar-refractivity contribution in [2.24, 2.45) is 0 Å². The van der Waals surface area contributed by atoms with Crippen LogP contribution < -0.4 is 5.32 Å². The zero-order chi connectivity index (χ0) is 18.9. The molecule has 2 rings (SSSR count). The van der Waals surface area contributed by atoms with Gasteiger partial charge in [-0.1, -0.05) is 44.1 Å². The molecule has 0 aromatic heterocycles. The molecule has 0 bridgehead atoms. The number of nitrogens with one attached hydrogen (secondary N) is 1. The van der Waals surface area contributed by atoms with Crippen LogP contribution in [0.1, 0.15) is 37.3 Å². The molecule has 0 radical (unpaired) electrons. The molecule has 0 unspecified atom stereocenters. The molecule has 136 valence electrons. The molecular weight excluding hydrogens is 334 g/mol.